The molecule has 1 saturated heterocycles. The standard InChI is InChI=1S/C30H50N6O10/c1-4-5-6-7-11-20(37)32-15-9-8-10-19(33-26(41)18(31)13-12-17(2)3)27(42)35-22(29(43)44)25-23(39)24(40)28(46-25)36-16-14-21(38)34-30(36)45/h14,16-19,22-25,28,39-40H,4-13,15,31H2,1-3H3,(H,32,37)(H,33,41)(H,35,42)(H,43,44)(H,34,38,45)/t18-,19-,22-,23-,24+,25+,28+/m0/s1. The number of aliphatic hydroxyl groups excluding tert-OH is 2. The highest BCUT2D eigenvalue weighted by molar-refractivity contribution is 5.92. The Labute approximate surface area is 267 Å². The van der Waals surface area contributed by atoms with E-state index in [-0.39, 0.29) is 12.3 Å². The number of aliphatic carboxylic acids is 1. The lowest BCUT2D eigenvalue weighted by molar-refractivity contribution is -0.149. The second-order valence-electron chi connectivity index (χ2n) is 12.1. The largest absolute Gasteiger partial charge is 0.480 e. The molecule has 7 atom stereocenters. The Kier molecular flexibility index (Phi) is 16.1. The van der Waals surface area contributed by atoms with Crippen LogP contribution >= 0.6 is 0 Å². The highest BCUT2D eigenvalue weighted by Gasteiger charge is 2.50. The number of unbranched alkanes of at least 4 members (excludes halogenated alkanes) is 4. The molecule has 0 spiro atoms. The lowest BCUT2D eigenvalue weighted by atomic mass is 10.0. The van der Waals surface area contributed by atoms with Gasteiger partial charge in [0.2, 0.25) is 17.7 Å². The van der Waals surface area contributed by atoms with Gasteiger partial charge in [0.25, 0.3) is 5.56 Å². The maximum absolute atomic E-state index is 13.4. The molecule has 46 heavy (non-hydrogen) atoms. The van der Waals surface area contributed by atoms with E-state index in [1.54, 1.807) is 0 Å². The molecule has 0 unspecified atom stereocenters. The molecule has 2 rings (SSSR count). The van der Waals surface area contributed by atoms with Gasteiger partial charge in [-0.05, 0) is 44.4 Å². The van der Waals surface area contributed by atoms with Gasteiger partial charge in [-0.3, -0.25) is 28.7 Å². The number of H-pyrrole nitrogens is 1. The van der Waals surface area contributed by atoms with Crippen molar-refractivity contribution >= 4 is 23.7 Å². The number of nitrogens with zero attached hydrogens (tertiary/aromatic N) is 1. The number of carboxylic acid groups (broad SMARTS) is 1. The van der Waals surface area contributed by atoms with Crippen LogP contribution in [0.15, 0.2) is 21.9 Å². The van der Waals surface area contributed by atoms with Gasteiger partial charge in [-0.25, -0.2) is 9.59 Å². The van der Waals surface area contributed by atoms with Gasteiger partial charge in [0.15, 0.2) is 12.3 Å². The van der Waals surface area contributed by atoms with E-state index in [1.165, 1.54) is 0 Å². The number of aromatic nitrogens is 2. The van der Waals surface area contributed by atoms with Gasteiger partial charge in [0.1, 0.15) is 24.4 Å². The zero-order valence-electron chi connectivity index (χ0n) is 26.8. The molecule has 1 aliphatic heterocycles. The number of amides is 3. The van der Waals surface area contributed by atoms with E-state index >= 15 is 0 Å². The van der Waals surface area contributed by atoms with Crippen LogP contribution in [-0.4, -0.2) is 91.5 Å². The number of hydrogen-bond acceptors (Lipinski definition) is 10. The van der Waals surface area contributed by atoms with Crippen LogP contribution in [0.5, 0.6) is 0 Å². The number of aliphatic hydroxyl groups is 2. The summed E-state index contributed by atoms with van der Waals surface area (Å²) in [4.78, 5) is 76.2. The van der Waals surface area contributed by atoms with Crippen LogP contribution < -0.4 is 32.9 Å². The Morgan fingerprint density at radius 1 is 0.978 bits per heavy atom. The minimum Gasteiger partial charge on any atom is -0.480 e. The first kappa shape index (κ1) is 38.6. The molecule has 16 nitrogen and oxygen atoms in total. The monoisotopic (exact) mass is 654 g/mol. The van der Waals surface area contributed by atoms with Crippen LogP contribution in [0.3, 0.4) is 0 Å². The molecule has 16 heteroatoms. The third-order valence-electron chi connectivity index (χ3n) is 7.82. The Morgan fingerprint density at radius 3 is 2.33 bits per heavy atom. The Bertz CT molecular complexity index is 1270. The predicted octanol–water partition coefficient (Wildman–Crippen LogP) is -0.770. The summed E-state index contributed by atoms with van der Waals surface area (Å²) in [6.07, 6.45) is 0.406. The highest BCUT2D eigenvalue weighted by Crippen LogP contribution is 2.30. The van der Waals surface area contributed by atoms with Gasteiger partial charge in [0, 0.05) is 25.2 Å². The summed E-state index contributed by atoms with van der Waals surface area (Å²) in [6.45, 7) is 6.39. The molecular formula is C30H50N6O10. The summed E-state index contributed by atoms with van der Waals surface area (Å²) < 4.78 is 6.32. The van der Waals surface area contributed by atoms with Crippen LogP contribution in [0.25, 0.3) is 0 Å². The van der Waals surface area contributed by atoms with Crippen molar-refractivity contribution in [3.63, 3.8) is 0 Å². The summed E-state index contributed by atoms with van der Waals surface area (Å²) in [5.74, 6) is -2.89. The van der Waals surface area contributed by atoms with Crippen molar-refractivity contribution in [3.8, 4) is 0 Å². The van der Waals surface area contributed by atoms with E-state index in [4.69, 9.17) is 10.5 Å². The molecule has 3 amide bonds. The van der Waals surface area contributed by atoms with Crippen LogP contribution in [-0.2, 0) is 23.9 Å². The fourth-order valence-corrected chi connectivity index (χ4v) is 5.05. The quantitative estimate of drug-likeness (QED) is 0.0810. The highest BCUT2D eigenvalue weighted by atomic mass is 16.6. The number of nitrogens with two attached hydrogens (primary N) is 1. The molecule has 0 bridgehead atoms. The van der Waals surface area contributed by atoms with E-state index in [9.17, 15) is 44.1 Å². The van der Waals surface area contributed by atoms with E-state index < -0.39 is 71.7 Å². The van der Waals surface area contributed by atoms with Crippen LogP contribution in [0.4, 0.5) is 0 Å². The number of rotatable bonds is 20. The number of carbonyl (C=O) groups is 4. The topological polar surface area (TPSA) is 255 Å². The number of carboxylic acids is 1. The average Bonchev–Trinajstić information content (AvgIpc) is 3.28. The number of carbonyl (C=O) groups excluding carboxylic acids is 3. The first-order chi connectivity index (χ1) is 21.8. The van der Waals surface area contributed by atoms with Gasteiger partial charge in [-0.1, -0.05) is 40.0 Å². The third-order valence-corrected chi connectivity index (χ3v) is 7.82. The minimum absolute atomic E-state index is 0.0705. The van der Waals surface area contributed by atoms with E-state index in [0.717, 1.165) is 42.5 Å². The van der Waals surface area contributed by atoms with Gasteiger partial charge in [0.05, 0.1) is 6.04 Å². The number of ether oxygens (including phenoxy) is 1. The van der Waals surface area contributed by atoms with Crippen LogP contribution in [0.1, 0.15) is 91.2 Å². The van der Waals surface area contributed by atoms with Crippen LogP contribution in [0.2, 0.25) is 0 Å². The summed E-state index contributed by atoms with van der Waals surface area (Å²) in [7, 11) is 0. The first-order valence-electron chi connectivity index (χ1n) is 16.0. The molecule has 2 heterocycles. The normalized spacial score (nSPS) is 21.4. The van der Waals surface area contributed by atoms with E-state index in [1.807, 2.05) is 18.8 Å². The van der Waals surface area contributed by atoms with Crippen molar-refractivity contribution in [2.75, 3.05) is 6.54 Å². The second kappa shape index (κ2) is 19.2. The molecule has 0 saturated carbocycles. The van der Waals surface area contributed by atoms with Gasteiger partial charge in [-0.2, -0.15) is 0 Å². The molecule has 1 fully saturated rings. The lowest BCUT2D eigenvalue weighted by Crippen LogP contribution is -2.58. The maximum Gasteiger partial charge on any atom is 0.330 e. The molecule has 0 radical (unpaired) electrons. The smallest absolute Gasteiger partial charge is 0.330 e. The SMILES string of the molecule is CCCCCCC(=O)NCCCC[C@H](NC(=O)[C@@H](N)CCC(C)C)C(=O)N[C@H](C(=O)O)[C@H]1O[C@@H](n2ccc(=O)[nH]c2=O)[C@H](O)[C@@H]1O. The zero-order chi connectivity index (χ0) is 34.4. The third kappa shape index (κ3) is 12.0. The van der Waals surface area contributed by atoms with Crippen LogP contribution in [0, 0.1) is 5.92 Å². The summed E-state index contributed by atoms with van der Waals surface area (Å²) in [6, 6.07) is -3.05. The van der Waals surface area contributed by atoms with Crippen molar-refractivity contribution in [3.05, 3.63) is 33.1 Å². The van der Waals surface area contributed by atoms with Crippen molar-refractivity contribution in [1.82, 2.24) is 25.5 Å². The Morgan fingerprint density at radius 2 is 1.70 bits per heavy atom. The van der Waals surface area contributed by atoms with Gasteiger partial charge < -0.3 is 41.7 Å². The second-order valence-corrected chi connectivity index (χ2v) is 12.1. The number of hydrogen-bond donors (Lipinski definition) is 8. The molecule has 9 N–H and O–H groups in total. The average molecular weight is 655 g/mol. The zero-order valence-corrected chi connectivity index (χ0v) is 26.8. The molecule has 260 valence electrons. The van der Waals surface area contributed by atoms with Crippen molar-refractivity contribution in [1.29, 1.82) is 0 Å². The fourth-order valence-electron chi connectivity index (χ4n) is 5.05. The predicted molar refractivity (Wildman–Crippen MR) is 166 cm³/mol. The van der Waals surface area contributed by atoms with Gasteiger partial charge in [-0.15, -0.1) is 0 Å². The maximum atomic E-state index is 13.4. The Hall–Kier alpha value is -3.60. The Balaban J connectivity index is 2.11. The minimum atomic E-state index is -1.90. The summed E-state index contributed by atoms with van der Waals surface area (Å²) in [5.41, 5.74) is 4.35. The molecule has 0 aromatic carbocycles. The summed E-state index contributed by atoms with van der Waals surface area (Å²) in [5, 5.41) is 38.9. The molecule has 1 aliphatic rings. The fraction of sp³-hybridized carbons (Fsp3) is 0.733. The van der Waals surface area contributed by atoms with E-state index in [2.05, 4.69) is 22.9 Å². The van der Waals surface area contributed by atoms with Crippen molar-refractivity contribution < 1.29 is 39.2 Å². The number of nitrogens with one attached hydrogen (secondary N) is 4. The first-order valence-corrected chi connectivity index (χ1v) is 16.0. The summed E-state index contributed by atoms with van der Waals surface area (Å²) >= 11 is 0. The lowest BCUT2D eigenvalue weighted by Gasteiger charge is -2.26. The van der Waals surface area contributed by atoms with Crippen molar-refractivity contribution in [2.24, 2.45) is 11.7 Å². The molecule has 0 aliphatic carbocycles. The molecular weight excluding hydrogens is 604 g/mol. The molecule has 1 aromatic rings. The number of aromatic amines is 1. The van der Waals surface area contributed by atoms with Crippen molar-refractivity contribution in [2.45, 2.75) is 128 Å². The van der Waals surface area contributed by atoms with Gasteiger partial charge >= 0.3 is 11.7 Å². The molecule has 1 aromatic heterocycles. The van der Waals surface area contributed by atoms with E-state index in [0.29, 0.717) is 44.6 Å².